The van der Waals surface area contributed by atoms with Gasteiger partial charge in [0.2, 0.25) is 17.1 Å². The van der Waals surface area contributed by atoms with Gasteiger partial charge in [-0.1, -0.05) is 169 Å². The fourth-order valence-electron chi connectivity index (χ4n) is 8.45. The first-order valence-corrected chi connectivity index (χ1v) is 24.1. The number of hydrogen-bond donors (Lipinski definition) is 2. The van der Waals surface area contributed by atoms with Crippen LogP contribution in [0.1, 0.15) is 52.6 Å². The lowest BCUT2D eigenvalue weighted by molar-refractivity contribution is -0.158. The number of hydrogen-bond acceptors (Lipinski definition) is 14. The van der Waals surface area contributed by atoms with E-state index in [1.165, 1.54) is 28.0 Å². The molecule has 8 aromatic rings. The van der Waals surface area contributed by atoms with Crippen molar-refractivity contribution in [1.82, 2.24) is 29.5 Å². The quantitative estimate of drug-likeness (QED) is 0.0330. The molecule has 68 heavy (non-hydrogen) atoms. The number of carbonyl (C=O) groups excluding carboxylic acids is 3. The van der Waals surface area contributed by atoms with Crippen molar-refractivity contribution < 1.29 is 24.0 Å². The number of oxime groups is 1. The smallest absolute Gasteiger partial charge is 0.356 e. The van der Waals surface area contributed by atoms with Crippen molar-refractivity contribution in [2.75, 3.05) is 5.73 Å². The Labute approximate surface area is 403 Å². The molecule has 2 amide bonds. The Morgan fingerprint density at radius 3 is 1.88 bits per heavy atom. The minimum Gasteiger partial charge on any atom is -0.448 e. The van der Waals surface area contributed by atoms with Gasteiger partial charge in [-0.25, -0.2) is 9.78 Å². The number of fused-ring (bicyclic) bond motifs is 1. The van der Waals surface area contributed by atoms with Gasteiger partial charge in [-0.05, 0) is 36.1 Å². The number of nitrogens with two attached hydrogens (primary N) is 1. The second kappa shape index (κ2) is 19.6. The van der Waals surface area contributed by atoms with Gasteiger partial charge in [-0.3, -0.25) is 19.5 Å². The van der Waals surface area contributed by atoms with E-state index in [2.05, 4.69) is 24.8 Å². The molecule has 13 nitrogen and oxygen atoms in total. The molecule has 2 unspecified atom stereocenters. The number of thiazole rings is 1. The van der Waals surface area contributed by atoms with E-state index in [0.29, 0.717) is 22.1 Å². The summed E-state index contributed by atoms with van der Waals surface area (Å²) in [4.78, 5) is 66.2. The largest absolute Gasteiger partial charge is 0.448 e. The maximum absolute atomic E-state index is 14.8. The van der Waals surface area contributed by atoms with E-state index in [1.54, 1.807) is 12.4 Å². The fourth-order valence-corrected chi connectivity index (χ4v) is 10.9. The number of carbonyl (C=O) groups is 3. The first-order chi connectivity index (χ1) is 33.4. The average molecular weight is 953 g/mol. The predicted molar refractivity (Wildman–Crippen MR) is 262 cm³/mol. The van der Waals surface area contributed by atoms with Crippen LogP contribution in [0.2, 0.25) is 0 Å². The number of rotatable bonds is 15. The van der Waals surface area contributed by atoms with E-state index in [1.807, 2.05) is 169 Å². The Balaban J connectivity index is 0.987. The van der Waals surface area contributed by atoms with Gasteiger partial charge in [0.05, 0.1) is 11.7 Å². The van der Waals surface area contributed by atoms with Crippen molar-refractivity contribution >= 4 is 63.3 Å². The third-order valence-electron chi connectivity index (χ3n) is 11.7. The molecular weight excluding hydrogens is 913 g/mol. The maximum atomic E-state index is 14.8. The molecule has 0 saturated carbocycles. The Kier molecular flexibility index (Phi) is 12.7. The van der Waals surface area contributed by atoms with Gasteiger partial charge in [0, 0.05) is 56.5 Å². The normalized spacial score (nSPS) is 15.9. The molecule has 2 aliphatic rings. The van der Waals surface area contributed by atoms with Crippen LogP contribution in [0, 0.1) is 0 Å². The van der Waals surface area contributed by atoms with Crippen molar-refractivity contribution in [3.8, 4) is 11.3 Å². The Bertz CT molecular complexity index is 2990. The number of esters is 1. The minimum absolute atomic E-state index is 0.0781. The summed E-state index contributed by atoms with van der Waals surface area (Å²) in [6, 6.07) is 49.7. The molecule has 0 aliphatic carbocycles. The molecule has 0 bridgehead atoms. The number of nitrogens with zero attached hydrogens (tertiary/aromatic N) is 6. The minimum atomic E-state index is -1.34. The Morgan fingerprint density at radius 2 is 1.34 bits per heavy atom. The lowest BCUT2D eigenvalue weighted by Crippen LogP contribution is -2.72. The molecule has 16 heteroatoms. The topological polar surface area (TPSA) is 175 Å². The number of aromatic nitrogens is 4. The molecule has 10 rings (SSSR count). The molecule has 1 saturated heterocycles. The molecule has 1 fully saturated rings. The van der Waals surface area contributed by atoms with Gasteiger partial charge >= 0.3 is 5.97 Å². The lowest BCUT2D eigenvalue weighted by atomic mass is 9.80. The maximum Gasteiger partial charge on any atom is 0.356 e. The summed E-state index contributed by atoms with van der Waals surface area (Å²) in [5.74, 6) is -2.03. The number of nitrogen functional groups attached to an aromatic ring is 1. The average Bonchev–Trinajstić information content (AvgIpc) is 4.06. The highest BCUT2D eigenvalue weighted by atomic mass is 32.2. The summed E-state index contributed by atoms with van der Waals surface area (Å²) < 4.78 is 11.5. The number of benzene rings is 5. The van der Waals surface area contributed by atoms with Gasteiger partial charge < -0.3 is 20.6 Å². The van der Waals surface area contributed by atoms with Crippen LogP contribution < -0.4 is 11.1 Å². The van der Waals surface area contributed by atoms with Crippen LogP contribution in [-0.4, -0.2) is 59.8 Å². The third kappa shape index (κ3) is 8.79. The van der Waals surface area contributed by atoms with Crippen LogP contribution in [0.5, 0.6) is 0 Å². The molecule has 2 atom stereocenters. The number of amides is 2. The number of nitrogens with one attached hydrogen (secondary N) is 1. The van der Waals surface area contributed by atoms with Crippen LogP contribution in [0.25, 0.3) is 11.3 Å². The van der Waals surface area contributed by atoms with Gasteiger partial charge in [-0.2, -0.15) is 9.36 Å². The number of β-lactam (4-membered cyclic amide) rings is 1. The van der Waals surface area contributed by atoms with E-state index in [9.17, 15) is 14.4 Å². The zero-order chi connectivity index (χ0) is 46.5. The highest BCUT2D eigenvalue weighted by Gasteiger charge is 2.54. The van der Waals surface area contributed by atoms with Crippen LogP contribution in [0.4, 0.5) is 5.13 Å². The summed E-state index contributed by atoms with van der Waals surface area (Å²) in [5.41, 5.74) is 9.96. The van der Waals surface area contributed by atoms with E-state index < -0.39 is 41.6 Å². The number of thioether (sulfide) groups is 1. The molecule has 3 aromatic heterocycles. The molecule has 0 spiro atoms. The lowest BCUT2D eigenvalue weighted by Gasteiger charge is -2.50. The highest BCUT2D eigenvalue weighted by Crippen LogP contribution is 2.46. The molecule has 5 heterocycles. The summed E-state index contributed by atoms with van der Waals surface area (Å²) in [7, 11) is 0. The van der Waals surface area contributed by atoms with Crippen LogP contribution in [0.15, 0.2) is 202 Å². The van der Waals surface area contributed by atoms with E-state index >= 15 is 0 Å². The second-order valence-electron chi connectivity index (χ2n) is 15.7. The van der Waals surface area contributed by atoms with Crippen LogP contribution in [0.3, 0.4) is 0 Å². The van der Waals surface area contributed by atoms with Crippen molar-refractivity contribution in [2.24, 2.45) is 5.16 Å². The first-order valence-electron chi connectivity index (χ1n) is 21.6. The zero-order valence-electron chi connectivity index (χ0n) is 36.0. The van der Waals surface area contributed by atoms with Crippen molar-refractivity contribution in [1.29, 1.82) is 0 Å². The first kappa shape index (κ1) is 44.1. The molecule has 3 N–H and O–H groups in total. The van der Waals surface area contributed by atoms with E-state index in [0.717, 1.165) is 50.6 Å². The number of allylic oxidation sites excluding steroid dienone is 1. The Morgan fingerprint density at radius 1 is 0.779 bits per heavy atom. The number of anilines is 1. The fraction of sp³-hybridized carbons (Fsp3) is 0.115. The highest BCUT2D eigenvalue weighted by molar-refractivity contribution is 8.04. The Hall–Kier alpha value is -7.79. The van der Waals surface area contributed by atoms with Crippen molar-refractivity contribution in [2.45, 2.75) is 41.0 Å². The van der Waals surface area contributed by atoms with Crippen molar-refractivity contribution in [3.05, 3.63) is 226 Å². The van der Waals surface area contributed by atoms with Gasteiger partial charge in [0.15, 0.2) is 15.6 Å². The summed E-state index contributed by atoms with van der Waals surface area (Å²) >= 11 is 3.65. The van der Waals surface area contributed by atoms with Crippen LogP contribution in [-0.2, 0) is 29.6 Å². The van der Waals surface area contributed by atoms with Gasteiger partial charge in [-0.15, -0.1) is 11.3 Å². The van der Waals surface area contributed by atoms with Crippen molar-refractivity contribution in [3.63, 3.8) is 0 Å². The van der Waals surface area contributed by atoms with Gasteiger partial charge in [0.25, 0.3) is 11.8 Å². The molecular formula is C52H40N8O5S3. The SMILES string of the molecule is Nc1nc(/C(=N/OC(c2ccccc2)(c2ccccc2)c2ccccc2)C(=O)NC2C(=O)N3C(C(=O)OC(c4ccccc4)c4ccccc4)=C(Sc4nc(-c5ccncc5)cs4)CCC23)ns1. The number of ether oxygens (including phenoxy) is 1. The molecule has 2 aliphatic heterocycles. The van der Waals surface area contributed by atoms with Crippen LogP contribution >= 0.6 is 34.6 Å². The number of pyridine rings is 1. The zero-order valence-corrected chi connectivity index (χ0v) is 38.4. The molecule has 336 valence electrons. The summed E-state index contributed by atoms with van der Waals surface area (Å²) in [6.45, 7) is 0. The monoisotopic (exact) mass is 952 g/mol. The molecule has 0 radical (unpaired) electrons. The third-order valence-corrected chi connectivity index (χ3v) is 14.3. The second-order valence-corrected chi connectivity index (χ2v) is 18.7. The van der Waals surface area contributed by atoms with E-state index in [4.69, 9.17) is 20.3 Å². The van der Waals surface area contributed by atoms with E-state index in [-0.39, 0.29) is 22.4 Å². The predicted octanol–water partition coefficient (Wildman–Crippen LogP) is 9.18. The van der Waals surface area contributed by atoms with Gasteiger partial charge in [0.1, 0.15) is 11.7 Å². The molecule has 5 aromatic carbocycles. The standard InChI is InChI=1S/C52H40N8O5S3/c53-50-57-46(59-68-50)43(58-65-52(36-20-10-3-11-21-36,37-22-12-4-13-23-37)38-24-14-5-15-25-38)47(61)56-42-40-26-27-41(67-51-55-39(32-66-51)33-28-30-54-31-29-33)44(60(40)48(42)62)49(63)64-45(34-16-6-1-7-17-34)35-18-8-2-9-19-35/h1-25,28-32,40,42,45H,26-27H2,(H,56,61)(H2,53,57,59)/b58-43-. The summed E-state index contributed by atoms with van der Waals surface area (Å²) in [6.07, 6.45) is 3.45. The summed E-state index contributed by atoms with van der Waals surface area (Å²) in [5, 5.41) is 9.54.